The Morgan fingerprint density at radius 1 is 0.833 bits per heavy atom. The van der Waals surface area contributed by atoms with Crippen molar-refractivity contribution in [3.05, 3.63) is 69.8 Å². The van der Waals surface area contributed by atoms with E-state index in [1.807, 2.05) is 57.2 Å². The SMILES string of the molecule is Cc1ccc(-c2c(S(=O)(=O)c3ccc(C)cc3)[nH]c(Br)c2C)cc1. The first-order valence-corrected chi connectivity index (χ1v) is 9.85. The van der Waals surface area contributed by atoms with E-state index in [4.69, 9.17) is 0 Å². The first-order chi connectivity index (χ1) is 11.3. The lowest BCUT2D eigenvalue weighted by molar-refractivity contribution is 0.593. The van der Waals surface area contributed by atoms with Crippen molar-refractivity contribution in [1.29, 1.82) is 0 Å². The highest BCUT2D eigenvalue weighted by molar-refractivity contribution is 9.10. The molecule has 0 aliphatic carbocycles. The normalized spacial score (nSPS) is 11.7. The third-order valence-electron chi connectivity index (χ3n) is 4.09. The topological polar surface area (TPSA) is 49.9 Å². The average Bonchev–Trinajstić information content (AvgIpc) is 2.85. The van der Waals surface area contributed by atoms with E-state index in [-0.39, 0.29) is 9.92 Å². The van der Waals surface area contributed by atoms with Gasteiger partial charge in [0.25, 0.3) is 0 Å². The van der Waals surface area contributed by atoms with Crippen LogP contribution >= 0.6 is 15.9 Å². The van der Waals surface area contributed by atoms with E-state index in [2.05, 4.69) is 20.9 Å². The van der Waals surface area contributed by atoms with Crippen LogP contribution in [0, 0.1) is 20.8 Å². The first-order valence-electron chi connectivity index (χ1n) is 7.57. The van der Waals surface area contributed by atoms with Gasteiger partial charge in [0.15, 0.2) is 0 Å². The van der Waals surface area contributed by atoms with Gasteiger partial charge in [-0.25, -0.2) is 8.42 Å². The molecule has 0 unspecified atom stereocenters. The third-order valence-corrected chi connectivity index (χ3v) is 6.62. The third kappa shape index (κ3) is 2.94. The molecule has 2 aromatic carbocycles. The number of benzene rings is 2. The van der Waals surface area contributed by atoms with E-state index in [1.165, 1.54) is 0 Å². The maximum Gasteiger partial charge on any atom is 0.222 e. The summed E-state index contributed by atoms with van der Waals surface area (Å²) in [5.74, 6) is 0. The molecule has 1 heterocycles. The Morgan fingerprint density at radius 2 is 1.33 bits per heavy atom. The summed E-state index contributed by atoms with van der Waals surface area (Å²) in [6, 6.07) is 14.8. The highest BCUT2D eigenvalue weighted by Gasteiger charge is 2.27. The molecule has 3 aromatic rings. The molecule has 1 aromatic heterocycles. The number of aromatic amines is 1. The predicted octanol–water partition coefficient (Wildman–Crippen LogP) is 5.20. The zero-order valence-corrected chi connectivity index (χ0v) is 16.1. The Hall–Kier alpha value is -1.85. The Labute approximate surface area is 150 Å². The number of halogens is 1. The van der Waals surface area contributed by atoms with Crippen LogP contribution in [-0.2, 0) is 9.84 Å². The Bertz CT molecular complexity index is 985. The van der Waals surface area contributed by atoms with E-state index in [1.54, 1.807) is 12.1 Å². The fourth-order valence-electron chi connectivity index (χ4n) is 2.64. The van der Waals surface area contributed by atoms with E-state index in [9.17, 15) is 8.42 Å². The van der Waals surface area contributed by atoms with Gasteiger partial charge < -0.3 is 4.98 Å². The van der Waals surface area contributed by atoms with E-state index in [0.29, 0.717) is 10.2 Å². The predicted molar refractivity (Wildman–Crippen MR) is 100 cm³/mol. The average molecular weight is 404 g/mol. The van der Waals surface area contributed by atoms with Gasteiger partial charge in [0.1, 0.15) is 5.03 Å². The lowest BCUT2D eigenvalue weighted by atomic mass is 10.0. The van der Waals surface area contributed by atoms with Crippen LogP contribution in [0.25, 0.3) is 11.1 Å². The highest BCUT2D eigenvalue weighted by Crippen LogP contribution is 2.37. The van der Waals surface area contributed by atoms with Gasteiger partial charge in [0.2, 0.25) is 9.84 Å². The van der Waals surface area contributed by atoms with Crippen LogP contribution in [0.5, 0.6) is 0 Å². The second-order valence-electron chi connectivity index (χ2n) is 5.95. The van der Waals surface area contributed by atoms with E-state index < -0.39 is 9.84 Å². The number of hydrogen-bond acceptors (Lipinski definition) is 2. The molecular formula is C19H18BrNO2S. The Kier molecular flexibility index (Phi) is 4.40. The molecule has 3 nitrogen and oxygen atoms in total. The fraction of sp³-hybridized carbons (Fsp3) is 0.158. The molecule has 24 heavy (non-hydrogen) atoms. The summed E-state index contributed by atoms with van der Waals surface area (Å²) in [5.41, 5.74) is 4.63. The minimum Gasteiger partial charge on any atom is -0.339 e. The number of H-pyrrole nitrogens is 1. The van der Waals surface area contributed by atoms with Crippen molar-refractivity contribution >= 4 is 25.8 Å². The standard InChI is InChI=1S/C19H18BrNO2S/c1-12-4-8-15(9-5-12)17-14(3)18(20)21-19(17)24(22,23)16-10-6-13(2)7-11-16/h4-11,21H,1-3H3. The molecule has 0 radical (unpaired) electrons. The summed E-state index contributed by atoms with van der Waals surface area (Å²) < 4.78 is 26.9. The molecule has 0 saturated heterocycles. The molecule has 0 bridgehead atoms. The molecular weight excluding hydrogens is 386 g/mol. The second-order valence-corrected chi connectivity index (χ2v) is 8.63. The van der Waals surface area contributed by atoms with Crippen molar-refractivity contribution in [3.8, 4) is 11.1 Å². The summed E-state index contributed by atoms with van der Waals surface area (Å²) in [4.78, 5) is 3.30. The molecule has 0 atom stereocenters. The molecule has 5 heteroatoms. The number of aromatic nitrogens is 1. The van der Waals surface area contributed by atoms with Gasteiger partial charge in [-0.2, -0.15) is 0 Å². The molecule has 0 spiro atoms. The van der Waals surface area contributed by atoms with Gasteiger partial charge >= 0.3 is 0 Å². The van der Waals surface area contributed by atoms with E-state index in [0.717, 1.165) is 22.3 Å². The summed E-state index contributed by atoms with van der Waals surface area (Å²) in [5, 5.41) is 0.222. The second kappa shape index (κ2) is 6.22. The van der Waals surface area contributed by atoms with Crippen LogP contribution in [-0.4, -0.2) is 13.4 Å². The van der Waals surface area contributed by atoms with Crippen LogP contribution in [0.3, 0.4) is 0 Å². The lowest BCUT2D eigenvalue weighted by Gasteiger charge is -2.08. The number of aryl methyl sites for hydroxylation is 2. The molecule has 0 amide bonds. The maximum absolute atomic E-state index is 13.1. The smallest absolute Gasteiger partial charge is 0.222 e. The number of nitrogens with one attached hydrogen (secondary N) is 1. The Balaban J connectivity index is 2.23. The van der Waals surface area contributed by atoms with Gasteiger partial charge in [-0.3, -0.25) is 0 Å². The zero-order chi connectivity index (χ0) is 17.5. The monoisotopic (exact) mass is 403 g/mol. The zero-order valence-electron chi connectivity index (χ0n) is 13.7. The molecule has 124 valence electrons. The van der Waals surface area contributed by atoms with Crippen LogP contribution < -0.4 is 0 Å². The largest absolute Gasteiger partial charge is 0.339 e. The van der Waals surface area contributed by atoms with E-state index >= 15 is 0 Å². The summed E-state index contributed by atoms with van der Waals surface area (Å²) >= 11 is 3.44. The fourth-order valence-corrected chi connectivity index (χ4v) is 4.67. The van der Waals surface area contributed by atoms with Crippen LogP contribution in [0.1, 0.15) is 16.7 Å². The van der Waals surface area contributed by atoms with Gasteiger partial charge in [0, 0.05) is 5.56 Å². The minimum atomic E-state index is -3.63. The molecule has 0 saturated carbocycles. The molecule has 0 fully saturated rings. The summed E-state index contributed by atoms with van der Waals surface area (Å²) in [7, 11) is -3.63. The molecule has 0 aliphatic heterocycles. The van der Waals surface area contributed by atoms with Gasteiger partial charge in [-0.15, -0.1) is 0 Å². The van der Waals surface area contributed by atoms with Crippen molar-refractivity contribution in [2.45, 2.75) is 30.7 Å². The minimum absolute atomic E-state index is 0.222. The van der Waals surface area contributed by atoms with Gasteiger partial charge in [-0.1, -0.05) is 47.5 Å². The quantitative estimate of drug-likeness (QED) is 0.652. The highest BCUT2D eigenvalue weighted by atomic mass is 79.9. The maximum atomic E-state index is 13.1. The van der Waals surface area contributed by atoms with Crippen molar-refractivity contribution in [2.24, 2.45) is 0 Å². The van der Waals surface area contributed by atoms with Gasteiger partial charge in [0.05, 0.1) is 9.50 Å². The van der Waals surface area contributed by atoms with Crippen molar-refractivity contribution in [2.75, 3.05) is 0 Å². The van der Waals surface area contributed by atoms with Crippen LogP contribution in [0.4, 0.5) is 0 Å². The lowest BCUT2D eigenvalue weighted by Crippen LogP contribution is -2.04. The molecule has 0 aliphatic rings. The van der Waals surface area contributed by atoms with Crippen molar-refractivity contribution < 1.29 is 8.42 Å². The summed E-state index contributed by atoms with van der Waals surface area (Å²) in [6.07, 6.45) is 0. The number of rotatable bonds is 3. The van der Waals surface area contributed by atoms with Crippen LogP contribution in [0.2, 0.25) is 0 Å². The first kappa shape index (κ1) is 17.0. The number of hydrogen-bond donors (Lipinski definition) is 1. The van der Waals surface area contributed by atoms with Crippen molar-refractivity contribution in [3.63, 3.8) is 0 Å². The Morgan fingerprint density at radius 3 is 1.88 bits per heavy atom. The van der Waals surface area contributed by atoms with Crippen LogP contribution in [0.15, 0.2) is 63.1 Å². The number of sulfone groups is 1. The molecule has 1 N–H and O–H groups in total. The molecule has 3 rings (SSSR count). The summed E-state index contributed by atoms with van der Waals surface area (Å²) in [6.45, 7) is 5.85. The van der Waals surface area contributed by atoms with Gasteiger partial charge in [-0.05, 0) is 60.0 Å². The van der Waals surface area contributed by atoms with Crippen molar-refractivity contribution in [1.82, 2.24) is 4.98 Å².